The highest BCUT2D eigenvalue weighted by atomic mass is 16.5. The van der Waals surface area contributed by atoms with Crippen LogP contribution in [0.3, 0.4) is 0 Å². The monoisotopic (exact) mass is 476 g/mol. The van der Waals surface area contributed by atoms with Gasteiger partial charge in [0.05, 0.1) is 22.9 Å². The molecule has 2 aromatic heterocycles. The van der Waals surface area contributed by atoms with Gasteiger partial charge in [0.2, 0.25) is 0 Å². The van der Waals surface area contributed by atoms with Crippen molar-refractivity contribution in [1.29, 1.82) is 0 Å². The third-order valence-electron chi connectivity index (χ3n) is 7.22. The Bertz CT molecular complexity index is 1610. The molecule has 5 aromatic rings. The summed E-state index contributed by atoms with van der Waals surface area (Å²) in [4.78, 5) is 16.2. The van der Waals surface area contributed by atoms with E-state index in [2.05, 4.69) is 85.1 Å². The van der Waals surface area contributed by atoms with Crippen molar-refractivity contribution in [3.63, 3.8) is 0 Å². The van der Waals surface area contributed by atoms with Gasteiger partial charge in [-0.3, -0.25) is 0 Å². The van der Waals surface area contributed by atoms with Crippen LogP contribution in [0.2, 0.25) is 0 Å². The molecule has 6 heteroatoms. The molecule has 180 valence electrons. The van der Waals surface area contributed by atoms with E-state index in [9.17, 15) is 0 Å². The van der Waals surface area contributed by atoms with Gasteiger partial charge in [-0.05, 0) is 47.5 Å². The number of nitrogens with zero attached hydrogens (tertiary/aromatic N) is 2. The molecule has 7 rings (SSSR count). The van der Waals surface area contributed by atoms with Gasteiger partial charge in [-0.2, -0.15) is 0 Å². The molecule has 2 N–H and O–H groups in total. The molecule has 36 heavy (non-hydrogen) atoms. The van der Waals surface area contributed by atoms with E-state index in [0.29, 0.717) is 25.0 Å². The van der Waals surface area contributed by atoms with E-state index in [1.54, 1.807) is 0 Å². The van der Waals surface area contributed by atoms with Crippen molar-refractivity contribution < 1.29 is 9.47 Å². The van der Waals surface area contributed by atoms with Crippen LogP contribution in [0.15, 0.2) is 48.7 Å². The molecule has 6 nitrogen and oxygen atoms in total. The molecule has 0 unspecified atom stereocenters. The van der Waals surface area contributed by atoms with Crippen LogP contribution >= 0.6 is 0 Å². The van der Waals surface area contributed by atoms with Crippen molar-refractivity contribution in [3.05, 3.63) is 71.4 Å². The van der Waals surface area contributed by atoms with Crippen molar-refractivity contribution in [2.24, 2.45) is 0 Å². The largest absolute Gasteiger partial charge is 0.488 e. The molecule has 0 radical (unpaired) electrons. The molecular formula is C30H28N4O2. The normalized spacial score (nSPS) is 13.7. The summed E-state index contributed by atoms with van der Waals surface area (Å²) in [6.45, 7) is 9.60. The fraction of sp³-hybridized carbons (Fsp3) is 0.267. The third-order valence-corrected chi connectivity index (χ3v) is 7.22. The first-order valence-electron chi connectivity index (χ1n) is 12.6. The Balaban J connectivity index is 1.30. The molecule has 0 atom stereocenters. The Morgan fingerprint density at radius 2 is 1.39 bits per heavy atom. The Kier molecular flexibility index (Phi) is 4.55. The zero-order chi connectivity index (χ0) is 24.6. The van der Waals surface area contributed by atoms with E-state index < -0.39 is 0 Å². The quantitative estimate of drug-likeness (QED) is 0.285. The number of aromatic amines is 2. The van der Waals surface area contributed by atoms with Crippen LogP contribution in [0.5, 0.6) is 11.5 Å². The second kappa shape index (κ2) is 7.72. The summed E-state index contributed by atoms with van der Waals surface area (Å²) in [6, 6.07) is 15.1. The number of hydrogen-bond acceptors (Lipinski definition) is 4. The lowest BCUT2D eigenvalue weighted by molar-refractivity contribution is 0.278. The zero-order valence-corrected chi connectivity index (χ0v) is 20.9. The van der Waals surface area contributed by atoms with Crippen LogP contribution in [0, 0.1) is 0 Å². The highest BCUT2D eigenvalue weighted by Crippen LogP contribution is 2.50. The second-order valence-corrected chi connectivity index (χ2v) is 10.4. The first kappa shape index (κ1) is 21.2. The molecule has 0 spiro atoms. The van der Waals surface area contributed by atoms with Gasteiger partial charge >= 0.3 is 0 Å². The van der Waals surface area contributed by atoms with Gasteiger partial charge in [0, 0.05) is 39.7 Å². The van der Waals surface area contributed by atoms with Crippen molar-refractivity contribution in [2.45, 2.75) is 52.7 Å². The van der Waals surface area contributed by atoms with Gasteiger partial charge in [0.15, 0.2) is 0 Å². The number of aromatic nitrogens is 4. The number of fused-ring (bicyclic) bond motifs is 1. The smallest absolute Gasteiger partial charge is 0.128 e. The summed E-state index contributed by atoms with van der Waals surface area (Å²) in [5.74, 6) is 4.54. The minimum Gasteiger partial charge on any atom is -0.488 e. The lowest BCUT2D eigenvalue weighted by Crippen LogP contribution is -2.14. The van der Waals surface area contributed by atoms with Crippen LogP contribution in [0.25, 0.3) is 44.5 Å². The fourth-order valence-electron chi connectivity index (χ4n) is 5.26. The van der Waals surface area contributed by atoms with Gasteiger partial charge in [-0.25, -0.2) is 9.97 Å². The van der Waals surface area contributed by atoms with Gasteiger partial charge in [-0.1, -0.05) is 33.8 Å². The molecule has 2 aliphatic rings. The topological polar surface area (TPSA) is 75.8 Å². The Labute approximate surface area is 209 Å². The van der Waals surface area contributed by atoms with Gasteiger partial charge in [0.1, 0.15) is 36.4 Å². The van der Waals surface area contributed by atoms with E-state index in [1.165, 1.54) is 0 Å². The lowest BCUT2D eigenvalue weighted by atomic mass is 9.87. The van der Waals surface area contributed by atoms with Crippen molar-refractivity contribution in [1.82, 2.24) is 19.9 Å². The summed E-state index contributed by atoms with van der Waals surface area (Å²) in [5, 5.41) is 0. The molecule has 0 saturated heterocycles. The number of ether oxygens (including phenoxy) is 2. The van der Waals surface area contributed by atoms with Crippen LogP contribution in [-0.4, -0.2) is 19.9 Å². The van der Waals surface area contributed by atoms with E-state index in [-0.39, 0.29) is 0 Å². The minimum absolute atomic E-state index is 0.351. The number of imidazole rings is 2. The maximum atomic E-state index is 6.34. The third kappa shape index (κ3) is 3.24. The molecule has 3 aromatic carbocycles. The van der Waals surface area contributed by atoms with Crippen LogP contribution in [0.4, 0.5) is 0 Å². The van der Waals surface area contributed by atoms with Crippen LogP contribution < -0.4 is 9.47 Å². The summed E-state index contributed by atoms with van der Waals surface area (Å²) in [6.07, 6.45) is 1.91. The number of benzene rings is 3. The summed E-state index contributed by atoms with van der Waals surface area (Å²) in [7, 11) is 0. The maximum Gasteiger partial charge on any atom is 0.128 e. The molecule has 0 bridgehead atoms. The zero-order valence-electron chi connectivity index (χ0n) is 20.9. The standard InChI is InChI=1S/C30H28N4O2/c1-15(2)29-31-12-24(34-29)19-8-21-14-35-25-10-18(7-20-13-36-26(11-19)28(21)27(20)25)17-5-6-22-23(9-17)33-30(32-22)16(3)4/h5-12,15-16H,13-14H2,1-4H3,(H,31,34)(H,32,33). The lowest BCUT2D eigenvalue weighted by Gasteiger charge is -2.30. The summed E-state index contributed by atoms with van der Waals surface area (Å²) < 4.78 is 12.7. The van der Waals surface area contributed by atoms with E-state index in [4.69, 9.17) is 14.5 Å². The first-order chi connectivity index (χ1) is 17.4. The highest BCUT2D eigenvalue weighted by Gasteiger charge is 2.30. The molecule has 0 amide bonds. The minimum atomic E-state index is 0.351. The van der Waals surface area contributed by atoms with Crippen molar-refractivity contribution in [2.75, 3.05) is 0 Å². The molecule has 4 heterocycles. The fourth-order valence-corrected chi connectivity index (χ4v) is 5.26. The number of rotatable bonds is 4. The number of nitrogens with one attached hydrogen (secondary N) is 2. The Morgan fingerprint density at radius 1 is 0.722 bits per heavy atom. The predicted octanol–water partition coefficient (Wildman–Crippen LogP) is 7.32. The number of hydrogen-bond donors (Lipinski definition) is 2. The Morgan fingerprint density at radius 3 is 2.06 bits per heavy atom. The van der Waals surface area contributed by atoms with E-state index in [0.717, 1.165) is 78.8 Å². The first-order valence-corrected chi connectivity index (χ1v) is 12.6. The average Bonchev–Trinajstić information content (AvgIpc) is 3.54. The SMILES string of the molecule is CC(C)c1ncc(-c2cc3c4c(c2)OCc2cc(-c5ccc6nc(C(C)C)[nH]c6c5)cc(c2-4)OC3)[nH]1. The van der Waals surface area contributed by atoms with Crippen LogP contribution in [-0.2, 0) is 13.2 Å². The van der Waals surface area contributed by atoms with E-state index >= 15 is 0 Å². The van der Waals surface area contributed by atoms with Gasteiger partial charge in [-0.15, -0.1) is 0 Å². The average molecular weight is 477 g/mol. The maximum absolute atomic E-state index is 6.34. The van der Waals surface area contributed by atoms with E-state index in [1.807, 2.05) is 6.20 Å². The Hall–Kier alpha value is -4.06. The second-order valence-electron chi connectivity index (χ2n) is 10.4. The number of H-pyrrole nitrogens is 2. The van der Waals surface area contributed by atoms with Crippen LogP contribution in [0.1, 0.15) is 62.3 Å². The molecule has 0 aliphatic carbocycles. The molecule has 2 aliphatic heterocycles. The van der Waals surface area contributed by atoms with Crippen molar-refractivity contribution in [3.8, 4) is 45.0 Å². The van der Waals surface area contributed by atoms with Gasteiger partial charge < -0.3 is 19.4 Å². The van der Waals surface area contributed by atoms with Gasteiger partial charge in [0.25, 0.3) is 0 Å². The molecule has 0 fully saturated rings. The molecular weight excluding hydrogens is 448 g/mol. The highest BCUT2D eigenvalue weighted by molar-refractivity contribution is 5.90. The predicted molar refractivity (Wildman–Crippen MR) is 141 cm³/mol. The summed E-state index contributed by atoms with van der Waals surface area (Å²) >= 11 is 0. The molecule has 0 saturated carbocycles. The summed E-state index contributed by atoms with van der Waals surface area (Å²) in [5.41, 5.74) is 11.0. The van der Waals surface area contributed by atoms with Crippen molar-refractivity contribution >= 4 is 11.0 Å².